The van der Waals surface area contributed by atoms with Crippen LogP contribution in [-0.2, 0) is 10.0 Å². The third kappa shape index (κ3) is 3.39. The zero-order valence-corrected chi connectivity index (χ0v) is 14.7. The van der Waals surface area contributed by atoms with Crippen LogP contribution in [0.25, 0.3) is 0 Å². The van der Waals surface area contributed by atoms with Crippen molar-refractivity contribution in [1.82, 2.24) is 0 Å². The molecule has 0 atom stereocenters. The van der Waals surface area contributed by atoms with E-state index in [0.717, 1.165) is 5.56 Å². The minimum Gasteiger partial charge on any atom is -0.322 e. The Morgan fingerprint density at radius 3 is 2.62 bits per heavy atom. The zero-order valence-electron chi connectivity index (χ0n) is 13.1. The zero-order chi connectivity index (χ0) is 17.3. The van der Waals surface area contributed by atoms with Crippen molar-refractivity contribution in [3.63, 3.8) is 0 Å². The molecule has 1 amide bonds. The van der Waals surface area contributed by atoms with Gasteiger partial charge in [-0.25, -0.2) is 8.42 Å². The monoisotopic (exact) mass is 364 g/mol. The lowest BCUT2D eigenvalue weighted by Crippen LogP contribution is -2.25. The van der Waals surface area contributed by atoms with E-state index in [-0.39, 0.29) is 11.7 Å². The van der Waals surface area contributed by atoms with Crippen molar-refractivity contribution in [2.75, 3.05) is 21.9 Å². The third-order valence-electron chi connectivity index (χ3n) is 3.91. The van der Waals surface area contributed by atoms with E-state index in [4.69, 9.17) is 11.6 Å². The molecule has 0 aromatic heterocycles. The number of nitrogens with one attached hydrogen (secondary N) is 1. The number of carbonyl (C=O) groups is 1. The van der Waals surface area contributed by atoms with Crippen molar-refractivity contribution in [3.8, 4) is 0 Å². The van der Waals surface area contributed by atoms with E-state index < -0.39 is 10.0 Å². The number of amides is 1. The van der Waals surface area contributed by atoms with E-state index in [1.54, 1.807) is 42.5 Å². The highest BCUT2D eigenvalue weighted by molar-refractivity contribution is 7.93. The van der Waals surface area contributed by atoms with E-state index >= 15 is 0 Å². The second-order valence-electron chi connectivity index (χ2n) is 5.71. The first-order valence-corrected chi connectivity index (χ1v) is 9.53. The van der Waals surface area contributed by atoms with E-state index in [9.17, 15) is 13.2 Å². The lowest BCUT2D eigenvalue weighted by Gasteiger charge is -2.20. The molecule has 7 heteroatoms. The predicted octanol–water partition coefficient (Wildman–Crippen LogP) is 3.44. The molecule has 1 saturated heterocycles. The maximum absolute atomic E-state index is 12.2. The van der Waals surface area contributed by atoms with Crippen molar-refractivity contribution >= 4 is 38.9 Å². The standard InChI is InChI=1S/C17H17ClN2O3S/c1-12-10-15(19-17(21)13-4-2-5-14(18)11-13)6-7-16(12)20-8-3-9-24(20,22)23/h2,4-7,10-11H,3,8-9H2,1H3,(H,19,21). The van der Waals surface area contributed by atoms with Gasteiger partial charge in [-0.1, -0.05) is 17.7 Å². The van der Waals surface area contributed by atoms with Crippen LogP contribution in [0.3, 0.4) is 0 Å². The number of carbonyl (C=O) groups excluding carboxylic acids is 1. The number of sulfonamides is 1. The lowest BCUT2D eigenvalue weighted by atomic mass is 10.1. The van der Waals surface area contributed by atoms with Gasteiger partial charge in [0.05, 0.1) is 11.4 Å². The molecule has 1 N–H and O–H groups in total. The van der Waals surface area contributed by atoms with Gasteiger partial charge in [-0.2, -0.15) is 0 Å². The summed E-state index contributed by atoms with van der Waals surface area (Å²) in [5.74, 6) is -0.0851. The Hall–Kier alpha value is -2.05. The normalized spacial score (nSPS) is 16.2. The van der Waals surface area contributed by atoms with Crippen LogP contribution in [0, 0.1) is 6.92 Å². The second-order valence-corrected chi connectivity index (χ2v) is 8.16. The Morgan fingerprint density at radius 2 is 2.00 bits per heavy atom. The minimum absolute atomic E-state index is 0.180. The highest BCUT2D eigenvalue weighted by Crippen LogP contribution is 2.29. The largest absolute Gasteiger partial charge is 0.322 e. The van der Waals surface area contributed by atoms with Crippen molar-refractivity contribution in [3.05, 3.63) is 58.6 Å². The SMILES string of the molecule is Cc1cc(NC(=O)c2cccc(Cl)c2)ccc1N1CCCS1(=O)=O. The van der Waals surface area contributed by atoms with Gasteiger partial charge in [-0.15, -0.1) is 0 Å². The molecule has 1 fully saturated rings. The first-order valence-electron chi connectivity index (χ1n) is 7.55. The fourth-order valence-corrected chi connectivity index (χ4v) is 4.57. The van der Waals surface area contributed by atoms with Gasteiger partial charge in [0, 0.05) is 22.8 Å². The van der Waals surface area contributed by atoms with Crippen molar-refractivity contribution in [2.24, 2.45) is 0 Å². The molecule has 0 saturated carbocycles. The van der Waals surface area contributed by atoms with E-state index in [1.165, 1.54) is 4.31 Å². The Morgan fingerprint density at radius 1 is 1.21 bits per heavy atom. The van der Waals surface area contributed by atoms with Crippen LogP contribution in [0.4, 0.5) is 11.4 Å². The number of nitrogens with zero attached hydrogens (tertiary/aromatic N) is 1. The molecule has 0 unspecified atom stereocenters. The van der Waals surface area contributed by atoms with Gasteiger partial charge in [0.1, 0.15) is 0 Å². The number of hydrogen-bond donors (Lipinski definition) is 1. The topological polar surface area (TPSA) is 66.5 Å². The summed E-state index contributed by atoms with van der Waals surface area (Å²) in [6, 6.07) is 11.9. The summed E-state index contributed by atoms with van der Waals surface area (Å²) < 4.78 is 25.5. The molecule has 2 aromatic rings. The number of hydrogen-bond acceptors (Lipinski definition) is 3. The lowest BCUT2D eigenvalue weighted by molar-refractivity contribution is 0.102. The average Bonchev–Trinajstić information content (AvgIpc) is 2.87. The van der Waals surface area contributed by atoms with Crippen LogP contribution in [0.15, 0.2) is 42.5 Å². The van der Waals surface area contributed by atoms with Gasteiger partial charge in [0.15, 0.2) is 0 Å². The average molecular weight is 365 g/mol. The quantitative estimate of drug-likeness (QED) is 0.907. The molecule has 0 aliphatic carbocycles. The molecule has 1 heterocycles. The molecule has 126 valence electrons. The number of halogens is 1. The molecule has 2 aromatic carbocycles. The molecule has 3 rings (SSSR count). The van der Waals surface area contributed by atoms with E-state index in [1.807, 2.05) is 6.92 Å². The molecule has 0 bridgehead atoms. The number of aryl methyl sites for hydroxylation is 1. The molecule has 0 radical (unpaired) electrons. The Balaban J connectivity index is 1.81. The van der Waals surface area contributed by atoms with Crippen LogP contribution in [-0.4, -0.2) is 26.6 Å². The van der Waals surface area contributed by atoms with Gasteiger partial charge in [-0.3, -0.25) is 9.10 Å². The molecule has 1 aliphatic heterocycles. The van der Waals surface area contributed by atoms with E-state index in [2.05, 4.69) is 5.32 Å². The van der Waals surface area contributed by atoms with Gasteiger partial charge < -0.3 is 5.32 Å². The first kappa shape index (κ1) is 16.8. The van der Waals surface area contributed by atoms with Crippen LogP contribution in [0.1, 0.15) is 22.3 Å². The number of anilines is 2. The van der Waals surface area contributed by atoms with Crippen LogP contribution < -0.4 is 9.62 Å². The highest BCUT2D eigenvalue weighted by Gasteiger charge is 2.29. The summed E-state index contributed by atoms with van der Waals surface area (Å²) in [6.07, 6.45) is 0.634. The maximum Gasteiger partial charge on any atom is 0.255 e. The number of rotatable bonds is 3. The van der Waals surface area contributed by atoms with Crippen LogP contribution in [0.2, 0.25) is 5.02 Å². The Labute approximate surface area is 146 Å². The van der Waals surface area contributed by atoms with E-state index in [0.29, 0.717) is 34.9 Å². The molecular formula is C17H17ClN2O3S. The summed E-state index contributed by atoms with van der Waals surface area (Å²) in [5, 5.41) is 3.29. The first-order chi connectivity index (χ1) is 11.4. The smallest absolute Gasteiger partial charge is 0.255 e. The van der Waals surface area contributed by atoms with Gasteiger partial charge in [0.2, 0.25) is 10.0 Å². The van der Waals surface area contributed by atoms with Crippen molar-refractivity contribution in [2.45, 2.75) is 13.3 Å². The summed E-state index contributed by atoms with van der Waals surface area (Å²) in [4.78, 5) is 12.2. The molecule has 24 heavy (non-hydrogen) atoms. The fraction of sp³-hybridized carbons (Fsp3) is 0.235. The van der Waals surface area contributed by atoms with Crippen LogP contribution >= 0.6 is 11.6 Å². The molecule has 0 spiro atoms. The predicted molar refractivity (Wildman–Crippen MR) is 96.3 cm³/mol. The summed E-state index contributed by atoms with van der Waals surface area (Å²) >= 11 is 5.89. The Kier molecular flexibility index (Phi) is 4.51. The highest BCUT2D eigenvalue weighted by atomic mass is 35.5. The summed E-state index contributed by atoms with van der Waals surface area (Å²) in [7, 11) is -3.21. The molecule has 1 aliphatic rings. The molecule has 5 nitrogen and oxygen atoms in total. The molecular weight excluding hydrogens is 348 g/mol. The number of benzene rings is 2. The maximum atomic E-state index is 12.2. The summed E-state index contributed by atoms with van der Waals surface area (Å²) in [5.41, 5.74) is 2.53. The van der Waals surface area contributed by atoms with Crippen molar-refractivity contribution in [1.29, 1.82) is 0 Å². The van der Waals surface area contributed by atoms with Crippen LogP contribution in [0.5, 0.6) is 0 Å². The fourth-order valence-electron chi connectivity index (χ4n) is 2.76. The Bertz CT molecular complexity index is 896. The summed E-state index contributed by atoms with van der Waals surface area (Å²) in [6.45, 7) is 2.33. The van der Waals surface area contributed by atoms with Gasteiger partial charge in [-0.05, 0) is 55.3 Å². The van der Waals surface area contributed by atoms with Gasteiger partial charge >= 0.3 is 0 Å². The van der Waals surface area contributed by atoms with Crippen molar-refractivity contribution < 1.29 is 13.2 Å². The van der Waals surface area contributed by atoms with Gasteiger partial charge in [0.25, 0.3) is 5.91 Å². The second kappa shape index (κ2) is 6.45. The minimum atomic E-state index is -3.21. The third-order valence-corrected chi connectivity index (χ3v) is 6.00.